The van der Waals surface area contributed by atoms with Crippen molar-refractivity contribution in [2.45, 2.75) is 20.4 Å². The summed E-state index contributed by atoms with van der Waals surface area (Å²) in [6.45, 7) is 5.64. The van der Waals surface area contributed by atoms with E-state index in [9.17, 15) is 9.18 Å². The molecule has 26 heavy (non-hydrogen) atoms. The van der Waals surface area contributed by atoms with E-state index in [-0.39, 0.29) is 17.5 Å². The summed E-state index contributed by atoms with van der Waals surface area (Å²) < 4.78 is 14.6. The van der Waals surface area contributed by atoms with Crippen molar-refractivity contribution in [1.82, 2.24) is 19.7 Å². The Morgan fingerprint density at radius 1 is 1.31 bits per heavy atom. The van der Waals surface area contributed by atoms with Crippen LogP contribution in [0.25, 0.3) is 11.0 Å². The van der Waals surface area contributed by atoms with Gasteiger partial charge in [-0.15, -0.1) is 0 Å². The van der Waals surface area contributed by atoms with E-state index < -0.39 is 5.82 Å². The minimum absolute atomic E-state index is 0.0497. The number of hydrogen-bond donors (Lipinski definition) is 1. The molecular formula is C17H18ClFN6O. The third kappa shape index (κ3) is 3.60. The fourth-order valence-electron chi connectivity index (χ4n) is 2.69. The lowest BCUT2D eigenvalue weighted by Crippen LogP contribution is -2.23. The van der Waals surface area contributed by atoms with Crippen molar-refractivity contribution in [2.75, 3.05) is 23.3 Å². The lowest BCUT2D eigenvalue weighted by atomic mass is 10.3. The third-order valence-corrected chi connectivity index (χ3v) is 4.29. The first-order valence-corrected chi connectivity index (χ1v) is 8.57. The number of nitrogens with zero attached hydrogens (tertiary/aromatic N) is 5. The molecule has 0 saturated heterocycles. The molecule has 7 nitrogen and oxygen atoms in total. The van der Waals surface area contributed by atoms with Crippen molar-refractivity contribution in [1.29, 1.82) is 0 Å². The summed E-state index contributed by atoms with van der Waals surface area (Å²) in [4.78, 5) is 23.0. The van der Waals surface area contributed by atoms with Crippen molar-refractivity contribution >= 4 is 40.0 Å². The van der Waals surface area contributed by atoms with Crippen molar-refractivity contribution in [2.24, 2.45) is 0 Å². The number of anilines is 2. The Morgan fingerprint density at radius 3 is 2.77 bits per heavy atom. The number of fused-ring (bicyclic) bond motifs is 1. The second kappa shape index (κ2) is 7.65. The van der Waals surface area contributed by atoms with Crippen LogP contribution in [0.2, 0.25) is 5.02 Å². The number of aromatic nitrogens is 4. The number of carbonyl (C=O) groups excluding carboxylic acids is 1. The van der Waals surface area contributed by atoms with Crippen LogP contribution in [0.3, 0.4) is 0 Å². The van der Waals surface area contributed by atoms with Crippen LogP contribution in [-0.2, 0) is 11.3 Å². The van der Waals surface area contributed by atoms with Gasteiger partial charge in [0.2, 0.25) is 5.91 Å². The first-order valence-electron chi connectivity index (χ1n) is 8.19. The van der Waals surface area contributed by atoms with Gasteiger partial charge in [0, 0.05) is 13.1 Å². The second-order valence-corrected chi connectivity index (χ2v) is 5.99. The molecule has 136 valence electrons. The van der Waals surface area contributed by atoms with Gasteiger partial charge in [0.1, 0.15) is 24.5 Å². The minimum Gasteiger partial charge on any atom is -0.356 e. The highest BCUT2D eigenvalue weighted by Crippen LogP contribution is 2.24. The Morgan fingerprint density at radius 2 is 2.08 bits per heavy atom. The first-order chi connectivity index (χ1) is 12.5. The standard InChI is InChI=1S/C17H18ClFN6O/c1-3-24(4-2)16-12-8-22-25(17(12)21-10-20-16)9-15(26)23-14-6-5-11(19)7-13(14)18/h5-8,10H,3-4,9H2,1-2H3,(H,23,26). The molecule has 0 aliphatic heterocycles. The highest BCUT2D eigenvalue weighted by Gasteiger charge is 2.15. The Labute approximate surface area is 154 Å². The molecule has 0 bridgehead atoms. The van der Waals surface area contributed by atoms with E-state index in [0.29, 0.717) is 11.3 Å². The molecule has 0 radical (unpaired) electrons. The fourth-order valence-corrected chi connectivity index (χ4v) is 2.90. The Bertz CT molecular complexity index is 940. The largest absolute Gasteiger partial charge is 0.356 e. The minimum atomic E-state index is -0.466. The Kier molecular flexibility index (Phi) is 5.32. The molecule has 0 fully saturated rings. The van der Waals surface area contributed by atoms with Crippen molar-refractivity contribution in [3.8, 4) is 0 Å². The van der Waals surface area contributed by atoms with Crippen LogP contribution in [0.4, 0.5) is 15.9 Å². The van der Waals surface area contributed by atoms with E-state index in [1.807, 2.05) is 13.8 Å². The average Bonchev–Trinajstić information content (AvgIpc) is 3.02. The predicted octanol–water partition coefficient (Wildman–Crippen LogP) is 3.10. The van der Waals surface area contributed by atoms with Crippen LogP contribution in [0.5, 0.6) is 0 Å². The Balaban J connectivity index is 1.83. The lowest BCUT2D eigenvalue weighted by Gasteiger charge is -2.19. The van der Waals surface area contributed by atoms with Gasteiger partial charge in [-0.3, -0.25) is 4.79 Å². The van der Waals surface area contributed by atoms with Gasteiger partial charge in [0.25, 0.3) is 0 Å². The summed E-state index contributed by atoms with van der Waals surface area (Å²) in [5.74, 6) is -0.0218. The summed E-state index contributed by atoms with van der Waals surface area (Å²) in [7, 11) is 0. The third-order valence-electron chi connectivity index (χ3n) is 3.97. The summed E-state index contributed by atoms with van der Waals surface area (Å²) >= 11 is 5.93. The van der Waals surface area contributed by atoms with Gasteiger partial charge in [0.15, 0.2) is 5.65 Å². The fraction of sp³-hybridized carbons (Fsp3) is 0.294. The molecule has 0 spiro atoms. The topological polar surface area (TPSA) is 75.9 Å². The smallest absolute Gasteiger partial charge is 0.246 e. The number of halogens is 2. The van der Waals surface area contributed by atoms with E-state index in [0.717, 1.165) is 30.4 Å². The highest BCUT2D eigenvalue weighted by molar-refractivity contribution is 6.33. The molecule has 2 aromatic heterocycles. The molecule has 1 amide bonds. The monoisotopic (exact) mass is 376 g/mol. The summed E-state index contributed by atoms with van der Waals surface area (Å²) in [6, 6.07) is 3.79. The molecule has 2 heterocycles. The van der Waals surface area contributed by atoms with E-state index in [1.165, 1.54) is 23.1 Å². The van der Waals surface area contributed by atoms with Gasteiger partial charge < -0.3 is 10.2 Å². The van der Waals surface area contributed by atoms with Crippen LogP contribution >= 0.6 is 11.6 Å². The molecule has 0 saturated carbocycles. The van der Waals surface area contributed by atoms with E-state index in [1.54, 1.807) is 6.20 Å². The maximum absolute atomic E-state index is 13.1. The molecule has 0 aliphatic carbocycles. The molecular weight excluding hydrogens is 359 g/mol. The molecule has 9 heteroatoms. The predicted molar refractivity (Wildman–Crippen MR) is 98.9 cm³/mol. The number of benzene rings is 1. The summed E-state index contributed by atoms with van der Waals surface area (Å²) in [5, 5.41) is 7.82. The van der Waals surface area contributed by atoms with Gasteiger partial charge in [0.05, 0.1) is 22.3 Å². The van der Waals surface area contributed by atoms with Crippen molar-refractivity contribution in [3.05, 3.63) is 41.6 Å². The molecule has 1 aromatic carbocycles. The molecule has 0 aliphatic rings. The average molecular weight is 377 g/mol. The quantitative estimate of drug-likeness (QED) is 0.715. The number of rotatable bonds is 6. The molecule has 3 rings (SSSR count). The van der Waals surface area contributed by atoms with Gasteiger partial charge in [-0.05, 0) is 32.0 Å². The van der Waals surface area contributed by atoms with E-state index in [4.69, 9.17) is 11.6 Å². The highest BCUT2D eigenvalue weighted by atomic mass is 35.5. The molecule has 0 unspecified atom stereocenters. The van der Waals surface area contributed by atoms with Gasteiger partial charge in [-0.1, -0.05) is 11.6 Å². The van der Waals surface area contributed by atoms with Crippen LogP contribution in [0.15, 0.2) is 30.7 Å². The van der Waals surface area contributed by atoms with Gasteiger partial charge in [-0.2, -0.15) is 5.10 Å². The summed E-state index contributed by atoms with van der Waals surface area (Å²) in [6.07, 6.45) is 3.12. The van der Waals surface area contributed by atoms with Crippen molar-refractivity contribution < 1.29 is 9.18 Å². The molecule has 3 aromatic rings. The molecule has 0 atom stereocenters. The maximum Gasteiger partial charge on any atom is 0.246 e. The van der Waals surface area contributed by atoms with E-state index in [2.05, 4.69) is 25.3 Å². The van der Waals surface area contributed by atoms with Gasteiger partial charge >= 0.3 is 0 Å². The van der Waals surface area contributed by atoms with Crippen LogP contribution in [-0.4, -0.2) is 38.7 Å². The number of nitrogens with one attached hydrogen (secondary N) is 1. The zero-order valence-electron chi connectivity index (χ0n) is 14.4. The lowest BCUT2D eigenvalue weighted by molar-refractivity contribution is -0.116. The van der Waals surface area contributed by atoms with E-state index >= 15 is 0 Å². The number of amides is 1. The zero-order valence-corrected chi connectivity index (χ0v) is 15.2. The molecule has 1 N–H and O–H groups in total. The second-order valence-electron chi connectivity index (χ2n) is 5.58. The van der Waals surface area contributed by atoms with Crippen LogP contribution in [0.1, 0.15) is 13.8 Å². The summed E-state index contributed by atoms with van der Waals surface area (Å²) in [5.41, 5.74) is 0.912. The Hall–Kier alpha value is -2.74. The zero-order chi connectivity index (χ0) is 18.7. The van der Waals surface area contributed by atoms with Gasteiger partial charge in [-0.25, -0.2) is 19.0 Å². The normalized spacial score (nSPS) is 10.9. The number of carbonyl (C=O) groups is 1. The first kappa shape index (κ1) is 18.1. The number of hydrogen-bond acceptors (Lipinski definition) is 5. The van der Waals surface area contributed by atoms with Crippen molar-refractivity contribution in [3.63, 3.8) is 0 Å². The van der Waals surface area contributed by atoms with Crippen LogP contribution < -0.4 is 10.2 Å². The van der Waals surface area contributed by atoms with Crippen LogP contribution in [0, 0.1) is 5.82 Å². The maximum atomic E-state index is 13.1. The SMILES string of the molecule is CCN(CC)c1ncnc2c1cnn2CC(=O)Nc1ccc(F)cc1Cl.